The van der Waals surface area contributed by atoms with Crippen LogP contribution in [0.3, 0.4) is 0 Å². The highest BCUT2D eigenvalue weighted by Gasteiger charge is 2.33. The van der Waals surface area contributed by atoms with E-state index >= 15 is 0 Å². The van der Waals surface area contributed by atoms with Gasteiger partial charge in [-0.15, -0.1) is 0 Å². The molecule has 2 aliphatic rings. The number of likely N-dealkylation sites (tertiary alicyclic amines) is 1. The van der Waals surface area contributed by atoms with E-state index in [-0.39, 0.29) is 17.9 Å². The summed E-state index contributed by atoms with van der Waals surface area (Å²) in [5.74, 6) is 0.264. The summed E-state index contributed by atoms with van der Waals surface area (Å²) in [6, 6.07) is -0.359. The number of rotatable bonds is 3. The van der Waals surface area contributed by atoms with Crippen molar-refractivity contribution in [2.24, 2.45) is 5.92 Å². The van der Waals surface area contributed by atoms with Crippen LogP contribution in [0.5, 0.6) is 0 Å². The molecule has 0 radical (unpaired) electrons. The number of piperidine rings is 2. The molecule has 19 heavy (non-hydrogen) atoms. The van der Waals surface area contributed by atoms with Gasteiger partial charge in [0.05, 0.1) is 7.11 Å². The summed E-state index contributed by atoms with van der Waals surface area (Å²) >= 11 is 0. The quantitative estimate of drug-likeness (QED) is 0.774. The zero-order valence-electron chi connectivity index (χ0n) is 11.7. The van der Waals surface area contributed by atoms with E-state index in [9.17, 15) is 9.59 Å². The molecule has 0 aromatic heterocycles. The van der Waals surface area contributed by atoms with Crippen LogP contribution in [0.4, 0.5) is 0 Å². The van der Waals surface area contributed by atoms with Gasteiger partial charge >= 0.3 is 5.97 Å². The molecule has 5 heteroatoms. The van der Waals surface area contributed by atoms with Gasteiger partial charge in [0.15, 0.2) is 0 Å². The molecule has 2 rings (SSSR count). The van der Waals surface area contributed by atoms with E-state index in [0.29, 0.717) is 18.9 Å². The van der Waals surface area contributed by atoms with E-state index in [0.717, 1.165) is 45.2 Å². The average molecular weight is 268 g/mol. The molecule has 2 fully saturated rings. The lowest BCUT2D eigenvalue weighted by Crippen LogP contribution is -2.49. The largest absolute Gasteiger partial charge is 0.467 e. The molecule has 0 bridgehead atoms. The molecular weight excluding hydrogens is 244 g/mol. The summed E-state index contributed by atoms with van der Waals surface area (Å²) in [7, 11) is 1.39. The topological polar surface area (TPSA) is 58.6 Å². The number of hydrogen-bond acceptors (Lipinski definition) is 4. The average Bonchev–Trinajstić information content (AvgIpc) is 2.47. The molecular formula is C14H24N2O3. The fraction of sp³-hybridized carbons (Fsp3) is 0.857. The van der Waals surface area contributed by atoms with Crippen LogP contribution in [0, 0.1) is 5.92 Å². The molecule has 0 aromatic carbocycles. The minimum Gasteiger partial charge on any atom is -0.467 e. The second-order valence-corrected chi connectivity index (χ2v) is 5.54. The molecule has 2 saturated heterocycles. The van der Waals surface area contributed by atoms with Crippen molar-refractivity contribution < 1.29 is 14.3 Å². The number of hydrogen-bond donors (Lipinski definition) is 1. The van der Waals surface area contributed by atoms with Gasteiger partial charge in [-0.05, 0) is 51.1 Å². The lowest BCUT2D eigenvalue weighted by Gasteiger charge is -2.35. The fourth-order valence-corrected chi connectivity index (χ4v) is 3.07. The zero-order chi connectivity index (χ0) is 13.7. The molecule has 0 aromatic rings. The highest BCUT2D eigenvalue weighted by Crippen LogP contribution is 2.22. The Morgan fingerprint density at radius 1 is 1.26 bits per heavy atom. The highest BCUT2D eigenvalue weighted by molar-refractivity contribution is 5.84. The Morgan fingerprint density at radius 2 is 2.11 bits per heavy atom. The number of nitrogens with one attached hydrogen (secondary N) is 1. The van der Waals surface area contributed by atoms with Gasteiger partial charge in [0.2, 0.25) is 5.91 Å². The highest BCUT2D eigenvalue weighted by atomic mass is 16.5. The third kappa shape index (κ3) is 3.69. The monoisotopic (exact) mass is 268 g/mol. The van der Waals surface area contributed by atoms with Gasteiger partial charge in [-0.25, -0.2) is 4.79 Å². The van der Waals surface area contributed by atoms with Crippen molar-refractivity contribution in [1.29, 1.82) is 0 Å². The number of methoxy groups -OCH3 is 1. The second-order valence-electron chi connectivity index (χ2n) is 5.54. The Kier molecular flexibility index (Phi) is 5.19. The van der Waals surface area contributed by atoms with Crippen molar-refractivity contribution in [1.82, 2.24) is 10.2 Å². The van der Waals surface area contributed by atoms with E-state index < -0.39 is 0 Å². The molecule has 2 heterocycles. The van der Waals surface area contributed by atoms with Gasteiger partial charge in [0, 0.05) is 13.0 Å². The zero-order valence-corrected chi connectivity index (χ0v) is 11.7. The van der Waals surface area contributed by atoms with E-state index in [1.54, 1.807) is 4.90 Å². The Morgan fingerprint density at radius 3 is 2.79 bits per heavy atom. The molecule has 1 N–H and O–H groups in total. The van der Waals surface area contributed by atoms with Crippen molar-refractivity contribution in [2.75, 3.05) is 26.7 Å². The Labute approximate surface area is 114 Å². The van der Waals surface area contributed by atoms with E-state index in [4.69, 9.17) is 4.74 Å². The van der Waals surface area contributed by atoms with Gasteiger partial charge in [-0.2, -0.15) is 0 Å². The van der Waals surface area contributed by atoms with E-state index in [1.807, 2.05) is 0 Å². The Bertz CT molecular complexity index is 327. The van der Waals surface area contributed by atoms with Crippen LogP contribution in [0.15, 0.2) is 0 Å². The van der Waals surface area contributed by atoms with Crippen molar-refractivity contribution in [3.63, 3.8) is 0 Å². The third-order valence-corrected chi connectivity index (χ3v) is 4.16. The molecule has 108 valence electrons. The summed E-state index contributed by atoms with van der Waals surface area (Å²) in [5.41, 5.74) is 0. The minimum absolute atomic E-state index is 0.115. The molecule has 0 spiro atoms. The van der Waals surface area contributed by atoms with Gasteiger partial charge in [0.1, 0.15) is 6.04 Å². The lowest BCUT2D eigenvalue weighted by atomic mass is 9.94. The standard InChI is InChI=1S/C14H24N2O3/c1-19-14(18)12-6-2-3-8-16(12)13(17)9-11-5-4-7-15-10-11/h11-12,15H,2-10H2,1H3. The maximum atomic E-state index is 12.4. The number of ether oxygens (including phenoxy) is 1. The Balaban J connectivity index is 1.92. The Hall–Kier alpha value is -1.10. The van der Waals surface area contributed by atoms with Crippen LogP contribution < -0.4 is 5.32 Å². The summed E-state index contributed by atoms with van der Waals surface area (Å²) in [5, 5.41) is 3.33. The molecule has 5 nitrogen and oxygen atoms in total. The molecule has 1 amide bonds. The molecule has 0 aliphatic carbocycles. The number of carbonyl (C=O) groups excluding carboxylic acids is 2. The van der Waals surface area contributed by atoms with Gasteiger partial charge < -0.3 is 15.0 Å². The number of amides is 1. The number of esters is 1. The van der Waals surface area contributed by atoms with Crippen LogP contribution in [0.1, 0.15) is 38.5 Å². The summed E-state index contributed by atoms with van der Waals surface area (Å²) < 4.78 is 4.81. The van der Waals surface area contributed by atoms with Crippen molar-refractivity contribution in [3.05, 3.63) is 0 Å². The van der Waals surface area contributed by atoms with E-state index in [2.05, 4.69) is 5.32 Å². The van der Waals surface area contributed by atoms with E-state index in [1.165, 1.54) is 7.11 Å². The van der Waals surface area contributed by atoms with Crippen LogP contribution in [-0.4, -0.2) is 49.6 Å². The third-order valence-electron chi connectivity index (χ3n) is 4.16. The van der Waals surface area contributed by atoms with Crippen molar-refractivity contribution in [3.8, 4) is 0 Å². The smallest absolute Gasteiger partial charge is 0.328 e. The first-order valence-electron chi connectivity index (χ1n) is 7.30. The second kappa shape index (κ2) is 6.89. The molecule has 2 atom stereocenters. The van der Waals surface area contributed by atoms with Crippen LogP contribution in [0.25, 0.3) is 0 Å². The SMILES string of the molecule is COC(=O)C1CCCCN1C(=O)CC1CCCNC1. The van der Waals surface area contributed by atoms with Crippen LogP contribution in [0.2, 0.25) is 0 Å². The predicted octanol–water partition coefficient (Wildman–Crippen LogP) is 0.930. The summed E-state index contributed by atoms with van der Waals surface area (Å²) in [6.07, 6.45) is 5.52. The molecule has 2 unspecified atom stereocenters. The first kappa shape index (κ1) is 14.3. The van der Waals surface area contributed by atoms with Crippen LogP contribution in [-0.2, 0) is 14.3 Å². The lowest BCUT2D eigenvalue weighted by molar-refractivity contribution is -0.155. The van der Waals surface area contributed by atoms with Gasteiger partial charge in [-0.1, -0.05) is 0 Å². The predicted molar refractivity (Wildman–Crippen MR) is 71.6 cm³/mol. The van der Waals surface area contributed by atoms with Crippen molar-refractivity contribution in [2.45, 2.75) is 44.6 Å². The first-order chi connectivity index (χ1) is 9.22. The summed E-state index contributed by atoms with van der Waals surface area (Å²) in [4.78, 5) is 25.9. The number of nitrogens with zero attached hydrogens (tertiary/aromatic N) is 1. The number of carbonyl (C=O) groups is 2. The van der Waals surface area contributed by atoms with Crippen molar-refractivity contribution >= 4 is 11.9 Å². The fourth-order valence-electron chi connectivity index (χ4n) is 3.07. The summed E-state index contributed by atoms with van der Waals surface area (Å²) in [6.45, 7) is 2.67. The van der Waals surface area contributed by atoms with Crippen LogP contribution >= 0.6 is 0 Å². The normalized spacial score (nSPS) is 27.9. The maximum Gasteiger partial charge on any atom is 0.328 e. The maximum absolute atomic E-state index is 12.4. The first-order valence-corrected chi connectivity index (χ1v) is 7.30. The molecule has 2 aliphatic heterocycles. The van der Waals surface area contributed by atoms with Gasteiger partial charge in [0.25, 0.3) is 0 Å². The minimum atomic E-state index is -0.359. The van der Waals surface area contributed by atoms with Gasteiger partial charge in [-0.3, -0.25) is 4.79 Å². The molecule has 0 saturated carbocycles.